The van der Waals surface area contributed by atoms with Crippen molar-refractivity contribution in [3.05, 3.63) is 71.3 Å². The Kier molecular flexibility index (Phi) is 5.25. The molecule has 1 N–H and O–H groups in total. The summed E-state index contributed by atoms with van der Waals surface area (Å²) in [6.45, 7) is 0. The van der Waals surface area contributed by atoms with Crippen molar-refractivity contribution in [3.63, 3.8) is 0 Å². The number of halogens is 1. The first-order valence-electron chi connectivity index (χ1n) is 10.7. The van der Waals surface area contributed by atoms with Crippen molar-refractivity contribution in [2.45, 2.75) is 18.9 Å². The van der Waals surface area contributed by atoms with Crippen molar-refractivity contribution in [2.75, 3.05) is 12.4 Å². The Bertz CT molecular complexity index is 1090. The number of hydrogen-bond donors (Lipinski definition) is 1. The second kappa shape index (κ2) is 8.10. The lowest BCUT2D eigenvalue weighted by atomic mass is 9.85. The summed E-state index contributed by atoms with van der Waals surface area (Å²) in [4.78, 5) is 41.5. The predicted octanol–water partition coefficient (Wildman–Crippen LogP) is 3.71. The highest BCUT2D eigenvalue weighted by atomic mass is 35.5. The third-order valence-electron chi connectivity index (χ3n) is 6.81. The van der Waals surface area contributed by atoms with E-state index in [4.69, 9.17) is 16.3 Å². The number of nitrogens with zero attached hydrogens (tertiary/aromatic N) is 1. The van der Waals surface area contributed by atoms with Gasteiger partial charge >= 0.3 is 0 Å². The zero-order chi connectivity index (χ0) is 22.4. The number of rotatable bonds is 6. The number of hydrogen-bond acceptors (Lipinski definition) is 4. The van der Waals surface area contributed by atoms with Crippen molar-refractivity contribution in [1.82, 2.24) is 4.90 Å². The van der Waals surface area contributed by atoms with Crippen LogP contribution in [-0.4, -0.2) is 35.8 Å². The van der Waals surface area contributed by atoms with Gasteiger partial charge in [0, 0.05) is 11.4 Å². The number of likely N-dealkylation sites (tertiary alicyclic amines) is 1. The molecular weight excluding hydrogens is 428 g/mol. The molecule has 7 heteroatoms. The van der Waals surface area contributed by atoms with Crippen LogP contribution in [0.15, 0.2) is 60.7 Å². The molecule has 6 nitrogen and oxygen atoms in total. The van der Waals surface area contributed by atoms with Crippen molar-refractivity contribution < 1.29 is 19.1 Å². The molecule has 0 unspecified atom stereocenters. The number of benzene rings is 2. The maximum Gasteiger partial charge on any atom is 0.248 e. The molecule has 2 bridgehead atoms. The maximum atomic E-state index is 13.5. The van der Waals surface area contributed by atoms with Crippen LogP contribution in [0.4, 0.5) is 5.69 Å². The summed E-state index contributed by atoms with van der Waals surface area (Å²) in [5.41, 5.74) is 1.26. The molecule has 32 heavy (non-hydrogen) atoms. The highest BCUT2D eigenvalue weighted by Gasteiger charge is 2.61. The highest BCUT2D eigenvalue weighted by Crippen LogP contribution is 2.53. The van der Waals surface area contributed by atoms with Gasteiger partial charge in [-0.25, -0.2) is 0 Å². The minimum atomic E-state index is -0.967. The topological polar surface area (TPSA) is 75.7 Å². The predicted molar refractivity (Wildman–Crippen MR) is 120 cm³/mol. The van der Waals surface area contributed by atoms with E-state index >= 15 is 0 Å². The molecule has 1 aliphatic heterocycles. The van der Waals surface area contributed by atoms with E-state index in [2.05, 4.69) is 5.32 Å². The smallest absolute Gasteiger partial charge is 0.248 e. The molecule has 1 heterocycles. The number of ether oxygens (including phenoxy) is 1. The molecule has 1 saturated heterocycles. The number of methoxy groups -OCH3 is 1. The summed E-state index contributed by atoms with van der Waals surface area (Å²) in [5, 5.41) is 3.27. The SMILES string of the molecule is COc1ccc(Cl)cc1NC(=O)[C@@H](Cc1ccccc1)N1C(=O)[C@@H]2[C@@H](C1=O)[C@H]1C=C[C@@H]2C1. The third-order valence-corrected chi connectivity index (χ3v) is 7.05. The van der Waals surface area contributed by atoms with E-state index in [9.17, 15) is 14.4 Å². The second-order valence-electron chi connectivity index (χ2n) is 8.59. The van der Waals surface area contributed by atoms with Gasteiger partial charge in [-0.2, -0.15) is 0 Å². The fraction of sp³-hybridized carbons (Fsp3) is 0.320. The molecule has 1 saturated carbocycles. The molecule has 2 aromatic rings. The average molecular weight is 451 g/mol. The molecule has 2 fully saturated rings. The number of imide groups is 1. The number of nitrogens with one attached hydrogen (secondary N) is 1. The first-order chi connectivity index (χ1) is 15.5. The van der Waals surface area contributed by atoms with Gasteiger partial charge in [-0.3, -0.25) is 19.3 Å². The third kappa shape index (κ3) is 3.39. The molecule has 0 spiro atoms. The zero-order valence-electron chi connectivity index (χ0n) is 17.5. The molecule has 2 aliphatic carbocycles. The summed E-state index contributed by atoms with van der Waals surface area (Å²) >= 11 is 6.11. The molecule has 164 valence electrons. The van der Waals surface area contributed by atoms with Gasteiger partial charge < -0.3 is 10.1 Å². The molecule has 2 aromatic carbocycles. The van der Waals surface area contributed by atoms with Crippen LogP contribution >= 0.6 is 11.6 Å². The van der Waals surface area contributed by atoms with Crippen molar-refractivity contribution >= 4 is 35.0 Å². The first kappa shape index (κ1) is 20.8. The van der Waals surface area contributed by atoms with Gasteiger partial charge in [-0.1, -0.05) is 54.1 Å². The van der Waals surface area contributed by atoms with Gasteiger partial charge in [0.15, 0.2) is 0 Å². The van der Waals surface area contributed by atoms with Crippen LogP contribution < -0.4 is 10.1 Å². The number of fused-ring (bicyclic) bond motifs is 5. The van der Waals surface area contributed by atoms with E-state index in [0.29, 0.717) is 16.5 Å². The molecule has 0 radical (unpaired) electrons. The number of carbonyl (C=O) groups excluding carboxylic acids is 3. The van der Waals surface area contributed by atoms with Gasteiger partial charge in [0.05, 0.1) is 24.6 Å². The van der Waals surface area contributed by atoms with E-state index in [1.165, 1.54) is 12.0 Å². The van der Waals surface area contributed by atoms with Gasteiger partial charge in [-0.05, 0) is 42.0 Å². The summed E-state index contributed by atoms with van der Waals surface area (Å²) in [6.07, 6.45) is 5.17. The number of anilines is 1. The first-order valence-corrected chi connectivity index (χ1v) is 11.1. The van der Waals surface area contributed by atoms with Crippen LogP contribution in [-0.2, 0) is 20.8 Å². The summed E-state index contributed by atoms with van der Waals surface area (Å²) in [5.74, 6) is -1.04. The van der Waals surface area contributed by atoms with Crippen LogP contribution in [0.3, 0.4) is 0 Å². The van der Waals surface area contributed by atoms with E-state index in [1.54, 1.807) is 18.2 Å². The standard InChI is InChI=1S/C25H23ClN2O4/c1-32-20-10-9-17(26)13-18(20)27-23(29)19(11-14-5-3-2-4-6-14)28-24(30)21-15-7-8-16(12-15)22(21)25(28)31/h2-10,13,15-16,19,21-22H,11-12H2,1H3,(H,27,29)/t15-,16+,19-,21+,22+/m1/s1. The van der Waals surface area contributed by atoms with Crippen LogP contribution in [0.25, 0.3) is 0 Å². The molecule has 5 rings (SSSR count). The molecule has 3 aliphatic rings. The van der Waals surface area contributed by atoms with Crippen molar-refractivity contribution in [1.29, 1.82) is 0 Å². The Morgan fingerprint density at radius 1 is 1.09 bits per heavy atom. The Labute approximate surface area is 191 Å². The lowest BCUT2D eigenvalue weighted by Gasteiger charge is -2.27. The van der Waals surface area contributed by atoms with E-state index < -0.39 is 11.9 Å². The van der Waals surface area contributed by atoms with Crippen LogP contribution in [0.5, 0.6) is 5.75 Å². The van der Waals surface area contributed by atoms with Gasteiger partial charge in [0.1, 0.15) is 11.8 Å². The normalized spacial score (nSPS) is 26.4. The lowest BCUT2D eigenvalue weighted by molar-refractivity contribution is -0.147. The zero-order valence-corrected chi connectivity index (χ0v) is 18.3. The Morgan fingerprint density at radius 2 is 1.75 bits per heavy atom. The number of allylic oxidation sites excluding steroid dienone is 2. The fourth-order valence-corrected chi connectivity index (χ4v) is 5.54. The Morgan fingerprint density at radius 3 is 2.38 bits per heavy atom. The minimum Gasteiger partial charge on any atom is -0.495 e. The summed E-state index contributed by atoms with van der Waals surface area (Å²) in [6, 6.07) is 13.3. The number of carbonyl (C=O) groups is 3. The van der Waals surface area contributed by atoms with Gasteiger partial charge in [0.25, 0.3) is 0 Å². The Balaban J connectivity index is 1.48. The van der Waals surface area contributed by atoms with E-state index in [1.807, 2.05) is 42.5 Å². The largest absolute Gasteiger partial charge is 0.495 e. The fourth-order valence-electron chi connectivity index (χ4n) is 5.37. The van der Waals surface area contributed by atoms with Gasteiger partial charge in [0.2, 0.25) is 17.7 Å². The second-order valence-corrected chi connectivity index (χ2v) is 9.02. The molecule has 5 atom stereocenters. The summed E-state index contributed by atoms with van der Waals surface area (Å²) < 4.78 is 5.33. The molecular formula is C25H23ClN2O4. The quantitative estimate of drug-likeness (QED) is 0.537. The van der Waals surface area contributed by atoms with Crippen molar-refractivity contribution in [3.8, 4) is 5.75 Å². The highest BCUT2D eigenvalue weighted by molar-refractivity contribution is 6.31. The summed E-state index contributed by atoms with van der Waals surface area (Å²) in [7, 11) is 1.50. The Hall–Kier alpha value is -3.12. The molecule has 0 aromatic heterocycles. The van der Waals surface area contributed by atoms with Crippen LogP contribution in [0, 0.1) is 23.7 Å². The molecule has 3 amide bonds. The van der Waals surface area contributed by atoms with Crippen LogP contribution in [0.1, 0.15) is 12.0 Å². The van der Waals surface area contributed by atoms with Crippen molar-refractivity contribution in [2.24, 2.45) is 23.7 Å². The maximum absolute atomic E-state index is 13.5. The van der Waals surface area contributed by atoms with E-state index in [0.717, 1.165) is 12.0 Å². The minimum absolute atomic E-state index is 0.0833. The van der Waals surface area contributed by atoms with E-state index in [-0.39, 0.29) is 41.9 Å². The average Bonchev–Trinajstić information content (AvgIpc) is 3.47. The lowest BCUT2D eigenvalue weighted by Crippen LogP contribution is -2.49. The van der Waals surface area contributed by atoms with Crippen LogP contribution in [0.2, 0.25) is 5.02 Å². The monoisotopic (exact) mass is 450 g/mol. The van der Waals surface area contributed by atoms with Gasteiger partial charge in [-0.15, -0.1) is 0 Å². The number of amides is 3.